The maximum atomic E-state index is 11.5. The van der Waals surface area contributed by atoms with Crippen LogP contribution in [0.4, 0.5) is 10.8 Å². The number of hydrogen-bond donors (Lipinski definition) is 1. The summed E-state index contributed by atoms with van der Waals surface area (Å²) in [5, 5.41) is 8.16. The summed E-state index contributed by atoms with van der Waals surface area (Å²) in [6.07, 6.45) is 0.228. The Labute approximate surface area is 164 Å². The van der Waals surface area contributed by atoms with Crippen LogP contribution in [0.2, 0.25) is 0 Å². The van der Waals surface area contributed by atoms with E-state index >= 15 is 0 Å². The fourth-order valence-electron chi connectivity index (χ4n) is 2.12. The van der Waals surface area contributed by atoms with Crippen molar-refractivity contribution < 1.29 is 9.53 Å². The highest BCUT2D eigenvalue weighted by molar-refractivity contribution is 8.00. The van der Waals surface area contributed by atoms with Crippen molar-refractivity contribution in [3.05, 3.63) is 52.0 Å². The second-order valence-corrected chi connectivity index (χ2v) is 8.45. The van der Waals surface area contributed by atoms with Crippen LogP contribution in [0.15, 0.2) is 39.4 Å². The van der Waals surface area contributed by atoms with Gasteiger partial charge in [-0.15, -0.1) is 22.7 Å². The summed E-state index contributed by atoms with van der Waals surface area (Å²) in [6.45, 7) is 4.27. The first kappa shape index (κ1) is 18.9. The monoisotopic (exact) mass is 405 g/mol. The zero-order valence-electron chi connectivity index (χ0n) is 14.5. The number of carbonyl (C=O) groups is 1. The number of thiazole rings is 2. The molecule has 0 amide bonds. The van der Waals surface area contributed by atoms with Gasteiger partial charge in [0.25, 0.3) is 0 Å². The summed E-state index contributed by atoms with van der Waals surface area (Å²) in [6, 6.07) is 8.24. The molecule has 3 rings (SSSR count). The van der Waals surface area contributed by atoms with Crippen LogP contribution in [0, 0.1) is 6.92 Å². The third kappa shape index (κ3) is 5.55. The summed E-state index contributed by atoms with van der Waals surface area (Å²) >= 11 is 4.76. The zero-order chi connectivity index (χ0) is 18.4. The predicted octanol–water partition coefficient (Wildman–Crippen LogP) is 5.05. The molecule has 2 heterocycles. The van der Waals surface area contributed by atoms with Gasteiger partial charge in [-0.05, 0) is 26.0 Å². The zero-order valence-corrected chi connectivity index (χ0v) is 17.0. The van der Waals surface area contributed by atoms with Crippen molar-refractivity contribution in [2.45, 2.75) is 30.4 Å². The van der Waals surface area contributed by atoms with Gasteiger partial charge in [0, 0.05) is 22.2 Å². The average molecular weight is 406 g/mol. The normalized spacial score (nSPS) is 10.7. The Balaban J connectivity index is 1.51. The number of hydrogen-bond acceptors (Lipinski definition) is 8. The molecule has 0 bridgehead atoms. The van der Waals surface area contributed by atoms with Crippen molar-refractivity contribution in [2.75, 3.05) is 11.9 Å². The van der Waals surface area contributed by atoms with Crippen molar-refractivity contribution in [2.24, 2.45) is 0 Å². The minimum atomic E-state index is -0.235. The van der Waals surface area contributed by atoms with Crippen LogP contribution in [0.5, 0.6) is 0 Å². The number of nitrogens with one attached hydrogen (secondary N) is 1. The third-order valence-corrected chi connectivity index (χ3v) is 6.27. The van der Waals surface area contributed by atoms with Crippen molar-refractivity contribution in [1.82, 2.24) is 9.97 Å². The molecule has 2 aromatic heterocycles. The lowest BCUT2D eigenvalue weighted by atomic mass is 10.2. The fourth-order valence-corrected chi connectivity index (χ4v) is 4.70. The molecule has 0 atom stereocenters. The first-order valence-electron chi connectivity index (χ1n) is 8.13. The number of aryl methyl sites for hydroxylation is 1. The van der Waals surface area contributed by atoms with Gasteiger partial charge in [0.05, 0.1) is 24.4 Å². The molecular weight excluding hydrogens is 386 g/mol. The molecule has 3 aromatic rings. The number of nitrogens with zero attached hydrogens (tertiary/aromatic N) is 2. The lowest BCUT2D eigenvalue weighted by Gasteiger charge is -2.02. The second-order valence-electron chi connectivity index (χ2n) is 5.51. The lowest BCUT2D eigenvalue weighted by Crippen LogP contribution is -2.07. The fraction of sp³-hybridized carbons (Fsp3) is 0.278. The third-order valence-electron chi connectivity index (χ3n) is 3.36. The molecule has 26 heavy (non-hydrogen) atoms. The highest BCUT2D eigenvalue weighted by Gasteiger charge is 2.10. The molecule has 5 nitrogen and oxygen atoms in total. The molecule has 8 heteroatoms. The molecule has 0 aliphatic carbocycles. The summed E-state index contributed by atoms with van der Waals surface area (Å²) in [5.74, 6) is 0.513. The molecule has 1 aromatic carbocycles. The van der Waals surface area contributed by atoms with E-state index in [4.69, 9.17) is 4.74 Å². The average Bonchev–Trinajstić information content (AvgIpc) is 3.25. The molecule has 0 fully saturated rings. The van der Waals surface area contributed by atoms with Crippen LogP contribution in [0.3, 0.4) is 0 Å². The minimum absolute atomic E-state index is 0.228. The van der Waals surface area contributed by atoms with Crippen molar-refractivity contribution in [3.63, 3.8) is 0 Å². The van der Waals surface area contributed by atoms with Gasteiger partial charge in [0.2, 0.25) is 0 Å². The van der Waals surface area contributed by atoms with Crippen LogP contribution in [-0.2, 0) is 21.7 Å². The van der Waals surface area contributed by atoms with Crippen molar-refractivity contribution in [3.8, 4) is 0 Å². The van der Waals surface area contributed by atoms with E-state index in [-0.39, 0.29) is 12.4 Å². The van der Waals surface area contributed by atoms with Crippen LogP contribution < -0.4 is 5.32 Å². The molecule has 0 aliphatic rings. The Bertz CT molecular complexity index is 859. The van der Waals surface area contributed by atoms with Gasteiger partial charge in [-0.25, -0.2) is 9.97 Å². The number of carbonyl (C=O) groups excluding carboxylic acids is 1. The van der Waals surface area contributed by atoms with Gasteiger partial charge in [0.1, 0.15) is 0 Å². The van der Waals surface area contributed by atoms with Crippen LogP contribution >= 0.6 is 34.4 Å². The Hall–Kier alpha value is -1.90. The van der Waals surface area contributed by atoms with Gasteiger partial charge in [-0.1, -0.05) is 29.5 Å². The molecule has 0 spiro atoms. The van der Waals surface area contributed by atoms with Gasteiger partial charge >= 0.3 is 5.97 Å². The van der Waals surface area contributed by atoms with E-state index in [1.54, 1.807) is 41.4 Å². The van der Waals surface area contributed by atoms with Crippen LogP contribution in [0.25, 0.3) is 0 Å². The quantitative estimate of drug-likeness (QED) is 0.418. The Kier molecular flexibility index (Phi) is 6.65. The topological polar surface area (TPSA) is 64.1 Å². The summed E-state index contributed by atoms with van der Waals surface area (Å²) in [4.78, 5) is 20.6. The predicted molar refractivity (Wildman–Crippen MR) is 109 cm³/mol. The van der Waals surface area contributed by atoms with Crippen molar-refractivity contribution >= 4 is 51.2 Å². The van der Waals surface area contributed by atoms with E-state index < -0.39 is 0 Å². The molecule has 0 saturated carbocycles. The molecular formula is C18H19N3O2S3. The smallest absolute Gasteiger partial charge is 0.311 e. The summed E-state index contributed by atoms with van der Waals surface area (Å²) < 4.78 is 5.88. The number of anilines is 2. The standard InChI is InChI=1S/C18H19N3O2S3/c1-3-23-16(22)8-14-9-25-18(21-14)26-11-15-10-24-17(20-15)19-13-6-4-12(2)5-7-13/h4-7,9-10H,3,8,11H2,1-2H3,(H,19,20). The van der Waals surface area contributed by atoms with Gasteiger partial charge in [-0.3, -0.25) is 4.79 Å². The second kappa shape index (κ2) is 9.16. The van der Waals surface area contributed by atoms with Gasteiger partial charge in [0.15, 0.2) is 9.47 Å². The Morgan fingerprint density at radius 3 is 2.69 bits per heavy atom. The maximum Gasteiger partial charge on any atom is 0.311 e. The van der Waals surface area contributed by atoms with E-state index in [1.165, 1.54) is 5.56 Å². The minimum Gasteiger partial charge on any atom is -0.466 e. The lowest BCUT2D eigenvalue weighted by molar-refractivity contribution is -0.142. The first-order chi connectivity index (χ1) is 12.6. The molecule has 0 aliphatic heterocycles. The number of thioether (sulfide) groups is 1. The summed E-state index contributed by atoms with van der Waals surface area (Å²) in [7, 11) is 0. The van der Waals surface area contributed by atoms with Gasteiger partial charge in [-0.2, -0.15) is 0 Å². The van der Waals surface area contributed by atoms with E-state index in [9.17, 15) is 4.79 Å². The first-order valence-corrected chi connectivity index (χ1v) is 10.9. The maximum absolute atomic E-state index is 11.5. The molecule has 136 valence electrons. The van der Waals surface area contributed by atoms with E-state index in [0.717, 1.165) is 32.3 Å². The number of aromatic nitrogens is 2. The summed E-state index contributed by atoms with van der Waals surface area (Å²) in [5.41, 5.74) is 4.04. The van der Waals surface area contributed by atoms with E-state index in [0.29, 0.717) is 6.61 Å². The molecule has 0 radical (unpaired) electrons. The highest BCUT2D eigenvalue weighted by Crippen LogP contribution is 2.29. The number of benzene rings is 1. The van der Waals surface area contributed by atoms with Crippen LogP contribution in [-0.4, -0.2) is 22.5 Å². The van der Waals surface area contributed by atoms with Gasteiger partial charge < -0.3 is 10.1 Å². The molecule has 0 unspecified atom stereocenters. The van der Waals surface area contributed by atoms with Crippen LogP contribution in [0.1, 0.15) is 23.9 Å². The van der Waals surface area contributed by atoms with E-state index in [1.807, 2.05) is 17.5 Å². The highest BCUT2D eigenvalue weighted by atomic mass is 32.2. The number of esters is 1. The Morgan fingerprint density at radius 1 is 1.15 bits per heavy atom. The Morgan fingerprint density at radius 2 is 1.92 bits per heavy atom. The SMILES string of the molecule is CCOC(=O)Cc1csc(SCc2csc(Nc3ccc(C)cc3)n2)n1. The molecule has 0 saturated heterocycles. The largest absolute Gasteiger partial charge is 0.466 e. The van der Waals surface area contributed by atoms with E-state index in [2.05, 4.69) is 39.7 Å². The van der Waals surface area contributed by atoms with Crippen molar-refractivity contribution in [1.29, 1.82) is 0 Å². The molecule has 1 N–H and O–H groups in total. The number of ether oxygens (including phenoxy) is 1. The number of rotatable bonds is 8.